The van der Waals surface area contributed by atoms with Gasteiger partial charge in [0.2, 0.25) is 5.91 Å². The van der Waals surface area contributed by atoms with Crippen LogP contribution < -0.4 is 14.8 Å². The summed E-state index contributed by atoms with van der Waals surface area (Å²) in [5, 5.41) is 6.86. The van der Waals surface area contributed by atoms with Crippen molar-refractivity contribution < 1.29 is 23.6 Å². The molecule has 8 nitrogen and oxygen atoms in total. The third-order valence-electron chi connectivity index (χ3n) is 5.47. The number of aromatic nitrogens is 1. The fourth-order valence-corrected chi connectivity index (χ4v) is 3.90. The van der Waals surface area contributed by atoms with Crippen LogP contribution in [0.5, 0.6) is 11.5 Å². The quantitative estimate of drug-likeness (QED) is 0.818. The Labute approximate surface area is 173 Å². The van der Waals surface area contributed by atoms with E-state index in [4.69, 9.17) is 25.6 Å². The number of piperidine rings is 1. The first-order valence-corrected chi connectivity index (χ1v) is 9.90. The molecule has 0 radical (unpaired) electrons. The first kappa shape index (κ1) is 19.6. The molecule has 2 amide bonds. The van der Waals surface area contributed by atoms with E-state index in [0.717, 1.165) is 0 Å². The lowest BCUT2D eigenvalue weighted by Crippen LogP contribution is -2.54. The van der Waals surface area contributed by atoms with E-state index in [2.05, 4.69) is 10.5 Å². The number of halogens is 1. The maximum atomic E-state index is 12.6. The average molecular weight is 420 g/mol. The summed E-state index contributed by atoms with van der Waals surface area (Å²) < 4.78 is 16.6. The van der Waals surface area contributed by atoms with Gasteiger partial charge in [-0.2, -0.15) is 0 Å². The van der Waals surface area contributed by atoms with Crippen molar-refractivity contribution in [3.63, 3.8) is 0 Å². The monoisotopic (exact) mass is 419 g/mol. The van der Waals surface area contributed by atoms with Crippen LogP contribution in [0.15, 0.2) is 28.8 Å². The number of aryl methyl sites for hydroxylation is 1. The predicted molar refractivity (Wildman–Crippen MR) is 104 cm³/mol. The molecule has 0 atom stereocenters. The number of hydrogen-bond donors (Lipinski definition) is 1. The molecule has 0 aliphatic carbocycles. The van der Waals surface area contributed by atoms with Gasteiger partial charge in [0, 0.05) is 50.9 Å². The van der Waals surface area contributed by atoms with E-state index >= 15 is 0 Å². The molecule has 2 aliphatic heterocycles. The number of carbonyl (C=O) groups is 2. The Balaban J connectivity index is 1.39. The Bertz CT molecular complexity index is 921. The Morgan fingerprint density at radius 3 is 2.83 bits per heavy atom. The molecule has 2 aromatic rings. The predicted octanol–water partition coefficient (Wildman–Crippen LogP) is 2.45. The van der Waals surface area contributed by atoms with Gasteiger partial charge in [-0.1, -0.05) is 16.8 Å². The van der Waals surface area contributed by atoms with Crippen molar-refractivity contribution in [3.8, 4) is 11.5 Å². The highest BCUT2D eigenvalue weighted by molar-refractivity contribution is 6.29. The zero-order valence-electron chi connectivity index (χ0n) is 16.1. The molecule has 1 fully saturated rings. The van der Waals surface area contributed by atoms with Crippen LogP contribution in [0.2, 0.25) is 5.15 Å². The highest BCUT2D eigenvalue weighted by atomic mass is 35.5. The fourth-order valence-electron chi connectivity index (χ4n) is 3.74. The minimum absolute atomic E-state index is 0.0482. The maximum Gasteiger partial charge on any atom is 0.255 e. The summed E-state index contributed by atoms with van der Waals surface area (Å²) in [6, 6.07) is 6.80. The molecule has 1 N–H and O–H groups in total. The number of nitrogens with zero attached hydrogens (tertiary/aromatic N) is 2. The van der Waals surface area contributed by atoms with Crippen LogP contribution in [0.25, 0.3) is 0 Å². The number of nitrogens with one attached hydrogen (secondary N) is 1. The largest absolute Gasteiger partial charge is 0.497 e. The maximum absolute atomic E-state index is 12.6. The standard InChI is InChI=1S/C20H22ClN3O5/c1-27-13-2-4-15-16(10-13)28-20(12-22-19(15)26)6-8-24(9-7-20)18(25)5-3-14-11-17(21)23-29-14/h2,4,10-11H,3,5-9,12H2,1H3,(H,22,26). The van der Waals surface area contributed by atoms with Crippen LogP contribution in [0, 0.1) is 0 Å². The van der Waals surface area contributed by atoms with Gasteiger partial charge in [0.25, 0.3) is 5.91 Å². The number of likely N-dealkylation sites (tertiary alicyclic amines) is 1. The number of benzene rings is 1. The van der Waals surface area contributed by atoms with Gasteiger partial charge in [-0.3, -0.25) is 9.59 Å². The summed E-state index contributed by atoms with van der Waals surface area (Å²) >= 11 is 5.73. The van der Waals surface area contributed by atoms with E-state index in [1.165, 1.54) is 0 Å². The number of rotatable bonds is 4. The van der Waals surface area contributed by atoms with E-state index < -0.39 is 5.60 Å². The molecule has 4 rings (SSSR count). The highest BCUT2D eigenvalue weighted by Crippen LogP contribution is 2.35. The molecule has 9 heteroatoms. The zero-order chi connectivity index (χ0) is 20.4. The molecule has 29 heavy (non-hydrogen) atoms. The van der Waals surface area contributed by atoms with Crippen LogP contribution in [0.3, 0.4) is 0 Å². The van der Waals surface area contributed by atoms with Gasteiger partial charge < -0.3 is 24.2 Å². The van der Waals surface area contributed by atoms with Gasteiger partial charge in [-0.05, 0) is 12.1 Å². The molecule has 1 aromatic heterocycles. The summed E-state index contributed by atoms with van der Waals surface area (Å²) in [6.07, 6.45) is 2.05. The second-order valence-electron chi connectivity index (χ2n) is 7.33. The first-order chi connectivity index (χ1) is 14.0. The number of carbonyl (C=O) groups excluding carboxylic acids is 2. The lowest BCUT2D eigenvalue weighted by atomic mass is 9.90. The van der Waals surface area contributed by atoms with Crippen molar-refractivity contribution in [3.05, 3.63) is 40.7 Å². The van der Waals surface area contributed by atoms with Crippen molar-refractivity contribution in [1.29, 1.82) is 0 Å². The summed E-state index contributed by atoms with van der Waals surface area (Å²) in [5.74, 6) is 1.63. The van der Waals surface area contributed by atoms with Crippen LogP contribution in [0.4, 0.5) is 0 Å². The van der Waals surface area contributed by atoms with Gasteiger partial charge in [0.1, 0.15) is 22.9 Å². The Kier molecular flexibility index (Phi) is 5.36. The van der Waals surface area contributed by atoms with Gasteiger partial charge in [-0.25, -0.2) is 0 Å². The highest BCUT2D eigenvalue weighted by Gasteiger charge is 2.41. The van der Waals surface area contributed by atoms with Crippen molar-refractivity contribution in [1.82, 2.24) is 15.4 Å². The minimum Gasteiger partial charge on any atom is -0.497 e. The zero-order valence-corrected chi connectivity index (χ0v) is 16.8. The topological polar surface area (TPSA) is 93.9 Å². The van der Waals surface area contributed by atoms with Crippen LogP contribution in [-0.4, -0.2) is 54.2 Å². The van der Waals surface area contributed by atoms with Crippen LogP contribution >= 0.6 is 11.6 Å². The van der Waals surface area contributed by atoms with Crippen LogP contribution in [0.1, 0.15) is 35.4 Å². The van der Waals surface area contributed by atoms with E-state index in [9.17, 15) is 9.59 Å². The third-order valence-corrected chi connectivity index (χ3v) is 5.65. The molecule has 1 saturated heterocycles. The minimum atomic E-state index is -0.539. The average Bonchev–Trinajstić information content (AvgIpc) is 3.10. The van der Waals surface area contributed by atoms with Gasteiger partial charge in [0.05, 0.1) is 19.2 Å². The van der Waals surface area contributed by atoms with E-state index in [0.29, 0.717) is 68.1 Å². The third kappa shape index (κ3) is 4.17. The molecule has 2 aliphatic rings. The van der Waals surface area contributed by atoms with E-state index in [1.54, 1.807) is 31.4 Å². The van der Waals surface area contributed by atoms with Crippen molar-refractivity contribution >= 4 is 23.4 Å². The number of fused-ring (bicyclic) bond motifs is 1. The second-order valence-corrected chi connectivity index (χ2v) is 7.71. The van der Waals surface area contributed by atoms with Gasteiger partial charge in [-0.15, -0.1) is 0 Å². The lowest BCUT2D eigenvalue weighted by Gasteiger charge is -2.41. The van der Waals surface area contributed by atoms with Gasteiger partial charge in [0.15, 0.2) is 5.15 Å². The number of hydrogen-bond acceptors (Lipinski definition) is 6. The summed E-state index contributed by atoms with van der Waals surface area (Å²) in [5.41, 5.74) is -0.0467. The number of ether oxygens (including phenoxy) is 2. The molecule has 154 valence electrons. The van der Waals surface area contributed by atoms with E-state index in [-0.39, 0.29) is 17.0 Å². The van der Waals surface area contributed by atoms with Crippen LogP contribution in [-0.2, 0) is 11.2 Å². The molecule has 1 aromatic carbocycles. The van der Waals surface area contributed by atoms with Crippen molar-refractivity contribution in [2.24, 2.45) is 0 Å². The molecule has 0 saturated carbocycles. The number of amides is 2. The Morgan fingerprint density at radius 2 is 2.14 bits per heavy atom. The summed E-state index contributed by atoms with van der Waals surface area (Å²) in [4.78, 5) is 26.8. The van der Waals surface area contributed by atoms with Crippen molar-refractivity contribution in [2.75, 3.05) is 26.7 Å². The SMILES string of the molecule is COc1ccc2c(c1)OC1(CCN(C(=O)CCc3cc(Cl)no3)CC1)CNC2=O. The molecule has 3 heterocycles. The summed E-state index contributed by atoms with van der Waals surface area (Å²) in [7, 11) is 1.57. The first-order valence-electron chi connectivity index (χ1n) is 9.52. The molecular formula is C20H22ClN3O5. The molecule has 0 bridgehead atoms. The lowest BCUT2D eigenvalue weighted by molar-refractivity contribution is -0.134. The molecular weight excluding hydrogens is 398 g/mol. The summed E-state index contributed by atoms with van der Waals surface area (Å²) in [6.45, 7) is 1.53. The molecule has 0 unspecified atom stereocenters. The fraction of sp³-hybridized carbons (Fsp3) is 0.450. The normalized spacial score (nSPS) is 17.9. The second kappa shape index (κ2) is 7.94. The Morgan fingerprint density at radius 1 is 1.34 bits per heavy atom. The molecule has 1 spiro atoms. The Hall–Kier alpha value is -2.74. The van der Waals surface area contributed by atoms with E-state index in [1.807, 2.05) is 4.90 Å². The smallest absolute Gasteiger partial charge is 0.255 e. The van der Waals surface area contributed by atoms with Gasteiger partial charge >= 0.3 is 0 Å². The number of methoxy groups -OCH3 is 1. The van der Waals surface area contributed by atoms with Crippen molar-refractivity contribution in [2.45, 2.75) is 31.3 Å².